The van der Waals surface area contributed by atoms with E-state index in [0.717, 1.165) is 48.8 Å². The molecule has 150 valence electrons. The smallest absolute Gasteiger partial charge is 0.230 e. The highest BCUT2D eigenvalue weighted by Gasteiger charge is 2.31. The molecule has 0 radical (unpaired) electrons. The minimum Gasteiger partial charge on any atom is -0.467 e. The van der Waals surface area contributed by atoms with Gasteiger partial charge in [0, 0.05) is 5.92 Å². The van der Waals surface area contributed by atoms with E-state index in [1.807, 2.05) is 12.1 Å². The van der Waals surface area contributed by atoms with Gasteiger partial charge in [0.25, 0.3) is 0 Å². The Kier molecular flexibility index (Phi) is 5.14. The van der Waals surface area contributed by atoms with Crippen molar-refractivity contribution in [1.82, 2.24) is 20.1 Å². The van der Waals surface area contributed by atoms with Gasteiger partial charge < -0.3 is 9.73 Å². The van der Waals surface area contributed by atoms with Crippen LogP contribution in [0.1, 0.15) is 60.4 Å². The Hall–Kier alpha value is -2.54. The molecule has 6 nitrogen and oxygen atoms in total. The fourth-order valence-electron chi connectivity index (χ4n) is 4.03. The number of hydrogen-bond donors (Lipinski definition) is 1. The summed E-state index contributed by atoms with van der Waals surface area (Å²) in [6.07, 6.45) is 7.19. The summed E-state index contributed by atoms with van der Waals surface area (Å²) in [5, 5.41) is 12.8. The Morgan fingerprint density at radius 3 is 2.90 bits per heavy atom. The van der Waals surface area contributed by atoms with Crippen LogP contribution in [0.3, 0.4) is 0 Å². The maximum Gasteiger partial charge on any atom is 0.230 e. The van der Waals surface area contributed by atoms with Gasteiger partial charge in [-0.1, -0.05) is 36.0 Å². The number of benzene rings is 1. The minimum absolute atomic E-state index is 0.0391. The highest BCUT2D eigenvalue weighted by Crippen LogP contribution is 2.40. The van der Waals surface area contributed by atoms with Gasteiger partial charge >= 0.3 is 0 Å². The van der Waals surface area contributed by atoms with Crippen LogP contribution in [0.4, 0.5) is 0 Å². The van der Waals surface area contributed by atoms with E-state index < -0.39 is 0 Å². The van der Waals surface area contributed by atoms with E-state index in [2.05, 4.69) is 44.3 Å². The van der Waals surface area contributed by atoms with E-state index in [1.54, 1.807) is 6.26 Å². The number of nitrogens with zero attached hydrogens (tertiary/aromatic N) is 3. The van der Waals surface area contributed by atoms with Crippen molar-refractivity contribution in [3.05, 3.63) is 65.4 Å². The van der Waals surface area contributed by atoms with Gasteiger partial charge in [0.05, 0.1) is 24.6 Å². The first-order chi connectivity index (χ1) is 14.3. The number of fused-ring (bicyclic) bond motifs is 1. The van der Waals surface area contributed by atoms with Gasteiger partial charge in [-0.15, -0.1) is 10.2 Å². The number of aryl methyl sites for hydroxylation is 1. The summed E-state index contributed by atoms with van der Waals surface area (Å²) in [5.41, 5.74) is 2.61. The summed E-state index contributed by atoms with van der Waals surface area (Å²) in [5.74, 6) is 2.73. The van der Waals surface area contributed by atoms with Crippen LogP contribution in [0.5, 0.6) is 0 Å². The Labute approximate surface area is 174 Å². The van der Waals surface area contributed by atoms with E-state index in [-0.39, 0.29) is 11.9 Å². The van der Waals surface area contributed by atoms with Gasteiger partial charge in [0.1, 0.15) is 11.6 Å². The predicted molar refractivity (Wildman–Crippen MR) is 111 cm³/mol. The van der Waals surface area contributed by atoms with Gasteiger partial charge in [-0.25, -0.2) is 0 Å². The molecular weight excluding hydrogens is 384 g/mol. The lowest BCUT2D eigenvalue weighted by Crippen LogP contribution is -2.32. The molecule has 3 aromatic rings. The second-order valence-electron chi connectivity index (χ2n) is 7.78. The molecule has 0 unspecified atom stereocenters. The van der Waals surface area contributed by atoms with Crippen molar-refractivity contribution in [2.75, 3.05) is 5.75 Å². The van der Waals surface area contributed by atoms with E-state index in [1.165, 1.54) is 22.9 Å². The third-order valence-corrected chi connectivity index (χ3v) is 6.59. The van der Waals surface area contributed by atoms with Crippen molar-refractivity contribution in [3.63, 3.8) is 0 Å². The molecule has 0 saturated heterocycles. The van der Waals surface area contributed by atoms with Crippen LogP contribution in [0, 0.1) is 0 Å². The largest absolute Gasteiger partial charge is 0.467 e. The standard InChI is InChI=1S/C22H24N4O2S/c27-20(23-19-9-3-6-15-5-1-2-8-18(15)19)14-29-22-25-24-21(16-10-11-16)26(22)13-17-7-4-12-28-17/h1-2,4-5,7-8,12,16,19H,3,6,9-11,13-14H2,(H,23,27)/t19-/m1/s1. The normalized spacial score (nSPS) is 18.4. The van der Waals surface area contributed by atoms with Gasteiger partial charge in [0.15, 0.2) is 5.16 Å². The molecule has 7 heteroatoms. The lowest BCUT2D eigenvalue weighted by molar-refractivity contribution is -0.119. The molecule has 2 heterocycles. The minimum atomic E-state index is 0.0391. The first-order valence-corrected chi connectivity index (χ1v) is 11.2. The summed E-state index contributed by atoms with van der Waals surface area (Å²) in [4.78, 5) is 12.7. The molecule has 1 fully saturated rings. The monoisotopic (exact) mass is 408 g/mol. The van der Waals surface area contributed by atoms with Gasteiger partial charge in [-0.05, 0) is 55.4 Å². The first-order valence-electron chi connectivity index (χ1n) is 10.2. The fraction of sp³-hybridized carbons (Fsp3) is 0.409. The molecule has 0 aliphatic heterocycles. The summed E-state index contributed by atoms with van der Waals surface area (Å²) < 4.78 is 7.61. The second-order valence-corrected chi connectivity index (χ2v) is 8.72. The molecule has 0 spiro atoms. The third kappa shape index (κ3) is 4.10. The molecule has 29 heavy (non-hydrogen) atoms. The molecular formula is C22H24N4O2S. The number of amides is 1. The molecule has 2 aliphatic carbocycles. The van der Waals surface area contributed by atoms with E-state index in [9.17, 15) is 4.79 Å². The summed E-state index contributed by atoms with van der Waals surface area (Å²) in [7, 11) is 0. The van der Waals surface area contributed by atoms with Crippen LogP contribution in [0.25, 0.3) is 0 Å². The molecule has 1 atom stereocenters. The SMILES string of the molecule is O=C(CSc1nnc(C2CC2)n1Cc1ccco1)N[C@@H]1CCCc2ccccc21. The van der Waals surface area contributed by atoms with Gasteiger partial charge in [-0.2, -0.15) is 0 Å². The lowest BCUT2D eigenvalue weighted by Gasteiger charge is -2.26. The van der Waals surface area contributed by atoms with Crippen LogP contribution in [0.2, 0.25) is 0 Å². The summed E-state index contributed by atoms with van der Waals surface area (Å²) in [6, 6.07) is 12.4. The average Bonchev–Trinajstić information content (AvgIpc) is 3.30. The van der Waals surface area contributed by atoms with Gasteiger partial charge in [-0.3, -0.25) is 9.36 Å². The van der Waals surface area contributed by atoms with Crippen LogP contribution < -0.4 is 5.32 Å². The van der Waals surface area contributed by atoms with Crippen LogP contribution >= 0.6 is 11.8 Å². The van der Waals surface area contributed by atoms with Crippen LogP contribution in [0.15, 0.2) is 52.2 Å². The van der Waals surface area contributed by atoms with E-state index >= 15 is 0 Å². The van der Waals surface area contributed by atoms with E-state index in [0.29, 0.717) is 18.2 Å². The van der Waals surface area contributed by atoms with Crippen LogP contribution in [-0.2, 0) is 17.8 Å². The van der Waals surface area contributed by atoms with Gasteiger partial charge in [0.2, 0.25) is 5.91 Å². The second kappa shape index (κ2) is 8.06. The molecule has 1 saturated carbocycles. The van der Waals surface area contributed by atoms with Crippen LogP contribution in [-0.4, -0.2) is 26.4 Å². The molecule has 1 amide bonds. The fourth-order valence-corrected chi connectivity index (χ4v) is 4.78. The van der Waals surface area contributed by atoms with Crippen molar-refractivity contribution in [3.8, 4) is 0 Å². The Bertz CT molecular complexity index is 994. The molecule has 0 bridgehead atoms. The predicted octanol–water partition coefficient (Wildman–Crippen LogP) is 4.08. The number of carbonyl (C=O) groups is 1. The lowest BCUT2D eigenvalue weighted by atomic mass is 9.88. The molecule has 2 aliphatic rings. The molecule has 1 aromatic carbocycles. The topological polar surface area (TPSA) is 73.0 Å². The number of carbonyl (C=O) groups excluding carboxylic acids is 1. The Morgan fingerprint density at radius 2 is 2.07 bits per heavy atom. The zero-order valence-electron chi connectivity index (χ0n) is 16.2. The van der Waals surface area contributed by atoms with E-state index in [4.69, 9.17) is 4.42 Å². The zero-order valence-corrected chi connectivity index (χ0v) is 17.0. The van der Waals surface area contributed by atoms with Crippen molar-refractivity contribution < 1.29 is 9.21 Å². The molecule has 5 rings (SSSR count). The number of rotatable bonds is 7. The summed E-state index contributed by atoms with van der Waals surface area (Å²) in [6.45, 7) is 0.603. The average molecular weight is 409 g/mol. The highest BCUT2D eigenvalue weighted by atomic mass is 32.2. The Balaban J connectivity index is 1.25. The number of hydrogen-bond acceptors (Lipinski definition) is 5. The molecule has 2 aromatic heterocycles. The number of aromatic nitrogens is 3. The number of thioether (sulfide) groups is 1. The Morgan fingerprint density at radius 1 is 1.17 bits per heavy atom. The number of nitrogens with one attached hydrogen (secondary N) is 1. The number of furan rings is 1. The first kappa shape index (κ1) is 18.5. The van der Waals surface area contributed by atoms with Crippen molar-refractivity contribution in [2.45, 2.75) is 55.8 Å². The third-order valence-electron chi connectivity index (χ3n) is 5.62. The zero-order chi connectivity index (χ0) is 19.6. The maximum absolute atomic E-state index is 12.7. The van der Waals surface area contributed by atoms with Crippen molar-refractivity contribution in [1.29, 1.82) is 0 Å². The summed E-state index contributed by atoms with van der Waals surface area (Å²) >= 11 is 1.45. The van der Waals surface area contributed by atoms with Crippen molar-refractivity contribution >= 4 is 17.7 Å². The quantitative estimate of drug-likeness (QED) is 0.596. The molecule has 1 N–H and O–H groups in total. The highest BCUT2D eigenvalue weighted by molar-refractivity contribution is 7.99. The van der Waals surface area contributed by atoms with Crippen molar-refractivity contribution in [2.24, 2.45) is 0 Å². The maximum atomic E-state index is 12.7.